The quantitative estimate of drug-likeness (QED) is 0.561. The Morgan fingerprint density at radius 2 is 1.83 bits per heavy atom. The molecule has 0 radical (unpaired) electrons. The maximum absolute atomic E-state index is 12.9. The second kappa shape index (κ2) is 10.5. The Kier molecular flexibility index (Phi) is 7.99. The van der Waals surface area contributed by atoms with Crippen molar-refractivity contribution in [3.8, 4) is 0 Å². The van der Waals surface area contributed by atoms with Gasteiger partial charge in [-0.15, -0.1) is 0 Å². The standard InChI is InChI=1S/C22H34F3N5/c1-18(22(23,24)25)29-12-14-30(15-13-29)21(26-2)27-16-20-9-11-28(17-20)10-8-19-6-4-3-5-7-19/h3-7,18,20H,8-17H2,1-2H3,(H,26,27). The summed E-state index contributed by atoms with van der Waals surface area (Å²) < 4.78 is 38.8. The number of likely N-dealkylation sites (tertiary alicyclic amines) is 1. The number of piperazine rings is 1. The first-order chi connectivity index (χ1) is 14.4. The summed E-state index contributed by atoms with van der Waals surface area (Å²) in [5, 5.41) is 3.46. The molecule has 0 spiro atoms. The van der Waals surface area contributed by atoms with Crippen molar-refractivity contribution in [3.05, 3.63) is 35.9 Å². The van der Waals surface area contributed by atoms with Crippen molar-refractivity contribution in [2.45, 2.75) is 32.0 Å². The van der Waals surface area contributed by atoms with Gasteiger partial charge in [0.05, 0.1) is 0 Å². The number of hydrogen-bond acceptors (Lipinski definition) is 3. The van der Waals surface area contributed by atoms with Crippen LogP contribution in [0.5, 0.6) is 0 Å². The number of alkyl halides is 3. The summed E-state index contributed by atoms with van der Waals surface area (Å²) in [6.07, 6.45) is -1.93. The molecule has 0 amide bonds. The third-order valence-electron chi connectivity index (χ3n) is 6.33. The van der Waals surface area contributed by atoms with Crippen LogP contribution >= 0.6 is 0 Å². The van der Waals surface area contributed by atoms with E-state index in [4.69, 9.17) is 0 Å². The van der Waals surface area contributed by atoms with E-state index in [1.54, 1.807) is 7.05 Å². The molecule has 1 N–H and O–H groups in total. The zero-order chi connectivity index (χ0) is 21.6. The molecule has 2 atom stereocenters. The van der Waals surface area contributed by atoms with Crippen LogP contribution in [0.1, 0.15) is 18.9 Å². The first-order valence-corrected chi connectivity index (χ1v) is 10.9. The Hall–Kier alpha value is -1.80. The number of guanidine groups is 1. The average Bonchev–Trinajstić information content (AvgIpc) is 3.20. The molecule has 0 saturated carbocycles. The summed E-state index contributed by atoms with van der Waals surface area (Å²) in [6.45, 7) is 7.30. The summed E-state index contributed by atoms with van der Waals surface area (Å²) in [5.41, 5.74) is 1.37. The lowest BCUT2D eigenvalue weighted by Gasteiger charge is -2.39. The highest BCUT2D eigenvalue weighted by molar-refractivity contribution is 5.80. The average molecular weight is 426 g/mol. The van der Waals surface area contributed by atoms with Gasteiger partial charge in [0.15, 0.2) is 5.96 Å². The summed E-state index contributed by atoms with van der Waals surface area (Å²) in [5.74, 6) is 1.38. The fourth-order valence-electron chi connectivity index (χ4n) is 4.31. The molecule has 168 valence electrons. The zero-order valence-electron chi connectivity index (χ0n) is 18.0. The second-order valence-corrected chi connectivity index (χ2v) is 8.36. The van der Waals surface area contributed by atoms with Crippen molar-refractivity contribution in [2.24, 2.45) is 10.9 Å². The highest BCUT2D eigenvalue weighted by atomic mass is 19.4. The minimum absolute atomic E-state index is 0.401. The number of benzene rings is 1. The Morgan fingerprint density at radius 1 is 1.13 bits per heavy atom. The number of halogens is 3. The van der Waals surface area contributed by atoms with E-state index in [0.717, 1.165) is 45.0 Å². The Balaban J connectivity index is 1.38. The molecule has 1 aromatic carbocycles. The first kappa shape index (κ1) is 22.9. The van der Waals surface area contributed by atoms with Crippen molar-refractivity contribution < 1.29 is 13.2 Å². The Morgan fingerprint density at radius 3 is 2.47 bits per heavy atom. The Bertz CT molecular complexity index is 671. The van der Waals surface area contributed by atoms with Gasteiger partial charge in [0.2, 0.25) is 0 Å². The summed E-state index contributed by atoms with van der Waals surface area (Å²) >= 11 is 0. The molecule has 0 aromatic heterocycles. The van der Waals surface area contributed by atoms with Gasteiger partial charge in [-0.1, -0.05) is 30.3 Å². The second-order valence-electron chi connectivity index (χ2n) is 8.36. The summed E-state index contributed by atoms with van der Waals surface area (Å²) in [6, 6.07) is 9.17. The lowest BCUT2D eigenvalue weighted by Crippen LogP contribution is -2.57. The third-order valence-corrected chi connectivity index (χ3v) is 6.33. The van der Waals surface area contributed by atoms with E-state index in [1.807, 2.05) is 6.07 Å². The molecule has 2 saturated heterocycles. The fraction of sp³-hybridized carbons (Fsp3) is 0.682. The molecular formula is C22H34F3N5. The van der Waals surface area contributed by atoms with Gasteiger partial charge in [0.1, 0.15) is 6.04 Å². The van der Waals surface area contributed by atoms with Crippen molar-refractivity contribution in [3.63, 3.8) is 0 Å². The lowest BCUT2D eigenvalue weighted by molar-refractivity contribution is -0.181. The van der Waals surface area contributed by atoms with E-state index < -0.39 is 12.2 Å². The van der Waals surface area contributed by atoms with Gasteiger partial charge in [-0.05, 0) is 37.8 Å². The van der Waals surface area contributed by atoms with Gasteiger partial charge < -0.3 is 15.1 Å². The zero-order valence-corrected chi connectivity index (χ0v) is 18.0. The number of nitrogens with one attached hydrogen (secondary N) is 1. The SMILES string of the molecule is CN=C(NCC1CCN(CCc2ccccc2)C1)N1CCN(C(C)C(F)(F)F)CC1. The minimum atomic E-state index is -4.17. The van der Waals surface area contributed by atoms with E-state index in [-0.39, 0.29) is 0 Å². The van der Waals surface area contributed by atoms with Crippen LogP contribution in [0.2, 0.25) is 0 Å². The minimum Gasteiger partial charge on any atom is -0.356 e. The molecule has 2 aliphatic rings. The number of aliphatic imine (C=N–C) groups is 1. The van der Waals surface area contributed by atoms with Crippen LogP contribution in [0.3, 0.4) is 0 Å². The van der Waals surface area contributed by atoms with Gasteiger partial charge in [-0.3, -0.25) is 9.89 Å². The van der Waals surface area contributed by atoms with Crippen LogP contribution in [-0.4, -0.2) is 92.3 Å². The highest BCUT2D eigenvalue weighted by Crippen LogP contribution is 2.25. The number of nitrogens with zero attached hydrogens (tertiary/aromatic N) is 4. The number of hydrogen-bond donors (Lipinski definition) is 1. The molecule has 2 heterocycles. The van der Waals surface area contributed by atoms with E-state index >= 15 is 0 Å². The van der Waals surface area contributed by atoms with Crippen molar-refractivity contribution in [1.29, 1.82) is 0 Å². The van der Waals surface area contributed by atoms with Crippen LogP contribution in [0, 0.1) is 5.92 Å². The fourth-order valence-corrected chi connectivity index (χ4v) is 4.31. The molecule has 2 unspecified atom stereocenters. The van der Waals surface area contributed by atoms with Crippen LogP contribution in [0.4, 0.5) is 13.2 Å². The van der Waals surface area contributed by atoms with Gasteiger partial charge in [0, 0.05) is 52.9 Å². The molecular weight excluding hydrogens is 391 g/mol. The molecule has 30 heavy (non-hydrogen) atoms. The highest BCUT2D eigenvalue weighted by Gasteiger charge is 2.41. The predicted molar refractivity (Wildman–Crippen MR) is 115 cm³/mol. The smallest absolute Gasteiger partial charge is 0.356 e. The monoisotopic (exact) mass is 425 g/mol. The molecule has 1 aromatic rings. The van der Waals surface area contributed by atoms with E-state index in [1.165, 1.54) is 17.4 Å². The van der Waals surface area contributed by atoms with E-state index in [2.05, 4.69) is 44.4 Å². The molecule has 5 nitrogen and oxygen atoms in total. The van der Waals surface area contributed by atoms with E-state index in [9.17, 15) is 13.2 Å². The maximum Gasteiger partial charge on any atom is 0.403 e. The van der Waals surface area contributed by atoms with E-state index in [0.29, 0.717) is 32.1 Å². The van der Waals surface area contributed by atoms with Crippen molar-refractivity contribution >= 4 is 5.96 Å². The van der Waals surface area contributed by atoms with Gasteiger partial charge in [0.25, 0.3) is 0 Å². The molecule has 0 bridgehead atoms. The molecule has 3 rings (SSSR count). The third kappa shape index (κ3) is 6.35. The maximum atomic E-state index is 12.9. The molecule has 0 aliphatic carbocycles. The van der Waals surface area contributed by atoms with Gasteiger partial charge in [-0.2, -0.15) is 13.2 Å². The normalized spacial score (nSPS) is 23.0. The largest absolute Gasteiger partial charge is 0.403 e. The summed E-state index contributed by atoms with van der Waals surface area (Å²) in [7, 11) is 1.74. The van der Waals surface area contributed by atoms with Crippen LogP contribution in [-0.2, 0) is 6.42 Å². The molecule has 2 fully saturated rings. The summed E-state index contributed by atoms with van der Waals surface area (Å²) in [4.78, 5) is 10.5. The molecule has 8 heteroatoms. The van der Waals surface area contributed by atoms with Gasteiger partial charge >= 0.3 is 6.18 Å². The lowest BCUT2D eigenvalue weighted by atomic mass is 10.1. The molecule has 2 aliphatic heterocycles. The predicted octanol–water partition coefficient (Wildman–Crippen LogP) is 2.69. The van der Waals surface area contributed by atoms with Crippen LogP contribution in [0.25, 0.3) is 0 Å². The van der Waals surface area contributed by atoms with Crippen molar-refractivity contribution in [2.75, 3.05) is 59.4 Å². The van der Waals surface area contributed by atoms with Crippen molar-refractivity contribution in [1.82, 2.24) is 20.0 Å². The van der Waals surface area contributed by atoms with Crippen LogP contribution in [0.15, 0.2) is 35.3 Å². The van der Waals surface area contributed by atoms with Crippen LogP contribution < -0.4 is 5.32 Å². The Labute approximate surface area is 177 Å². The number of rotatable bonds is 6. The first-order valence-electron chi connectivity index (χ1n) is 10.9. The topological polar surface area (TPSA) is 34.1 Å². The van der Waals surface area contributed by atoms with Gasteiger partial charge in [-0.25, -0.2) is 0 Å².